The molecule has 0 heterocycles. The molecule has 19 heavy (non-hydrogen) atoms. The molecular weight excluding hydrogens is 378 g/mol. The van der Waals surface area contributed by atoms with Gasteiger partial charge in [0.1, 0.15) is 0 Å². The molecule has 1 N–H and O–H groups in total. The summed E-state index contributed by atoms with van der Waals surface area (Å²) in [6, 6.07) is 0. The molecular formula is C13H16Cl2O2SiZr. The molecule has 2 rings (SSSR count). The van der Waals surface area contributed by atoms with E-state index in [1.54, 1.807) is 0 Å². The quantitative estimate of drug-likeness (QED) is 0.381. The SMILES string of the molecule is C[Si](OCCO)(C1=[C-]CC=C1)C1=[C-]CC=C1.[Cl-].[Cl-].[Zr+4]. The van der Waals surface area contributed by atoms with Gasteiger partial charge < -0.3 is 34.3 Å². The van der Waals surface area contributed by atoms with Crippen LogP contribution < -0.4 is 24.8 Å². The molecule has 2 aliphatic rings. The molecule has 0 aromatic carbocycles. The van der Waals surface area contributed by atoms with Crippen LogP contribution in [-0.4, -0.2) is 26.6 Å². The van der Waals surface area contributed by atoms with Gasteiger partial charge in [-0.1, -0.05) is 0 Å². The van der Waals surface area contributed by atoms with Crippen LogP contribution in [0.2, 0.25) is 6.55 Å². The zero-order valence-electron chi connectivity index (χ0n) is 10.7. The topological polar surface area (TPSA) is 29.5 Å². The fourth-order valence-corrected chi connectivity index (χ4v) is 4.87. The standard InChI is InChI=1S/C13H16O2Si.2ClH.Zr/c1-16(15-11-10-14,12-6-2-3-7-12)13-8-4-5-9-13;;;/h2,4,6,8,14H,3,5,10-11H2,1H3;2*1H;/q-2;;;+4/p-2. The molecule has 0 amide bonds. The predicted octanol–water partition coefficient (Wildman–Crippen LogP) is -3.97. The number of allylic oxidation sites excluding steroid dienone is 8. The van der Waals surface area contributed by atoms with Gasteiger partial charge >= 0.3 is 26.2 Å². The Morgan fingerprint density at radius 2 is 1.63 bits per heavy atom. The zero-order valence-corrected chi connectivity index (χ0v) is 15.7. The van der Waals surface area contributed by atoms with E-state index in [0.717, 1.165) is 12.8 Å². The fourth-order valence-electron chi connectivity index (χ4n) is 2.01. The van der Waals surface area contributed by atoms with Gasteiger partial charge in [-0.15, -0.1) is 12.8 Å². The summed E-state index contributed by atoms with van der Waals surface area (Å²) in [7, 11) is -2.13. The van der Waals surface area contributed by atoms with Crippen LogP contribution in [0, 0.1) is 12.2 Å². The number of hydrogen-bond donors (Lipinski definition) is 1. The minimum absolute atomic E-state index is 0. The van der Waals surface area contributed by atoms with Gasteiger partial charge in [-0.25, -0.2) is 22.5 Å². The van der Waals surface area contributed by atoms with E-state index in [1.807, 2.05) is 0 Å². The Morgan fingerprint density at radius 1 is 1.16 bits per heavy atom. The van der Waals surface area contributed by atoms with E-state index in [4.69, 9.17) is 9.53 Å². The molecule has 0 spiro atoms. The molecule has 0 unspecified atom stereocenters. The first-order valence-corrected chi connectivity index (χ1v) is 7.98. The average Bonchev–Trinajstić information content (AvgIpc) is 2.96. The molecule has 0 fully saturated rings. The molecule has 0 aromatic rings. The Hall–Kier alpha value is 0.560. The molecule has 0 radical (unpaired) electrons. The molecule has 0 atom stereocenters. The average molecular weight is 394 g/mol. The third-order valence-electron chi connectivity index (χ3n) is 2.90. The molecule has 0 saturated carbocycles. The van der Waals surface area contributed by atoms with E-state index in [0.29, 0.717) is 6.61 Å². The molecule has 0 saturated heterocycles. The first-order chi connectivity index (χ1) is 7.77. The van der Waals surface area contributed by atoms with Crippen molar-refractivity contribution < 1.29 is 60.6 Å². The van der Waals surface area contributed by atoms with E-state index < -0.39 is 8.32 Å². The van der Waals surface area contributed by atoms with Crippen molar-refractivity contribution in [2.24, 2.45) is 0 Å². The van der Waals surface area contributed by atoms with Gasteiger partial charge in [0.2, 0.25) is 0 Å². The molecule has 0 aliphatic heterocycles. The number of aliphatic hydroxyl groups excluding tert-OH is 1. The molecule has 6 heteroatoms. The molecule has 102 valence electrons. The van der Waals surface area contributed by atoms with Crippen molar-refractivity contribution in [1.82, 2.24) is 0 Å². The van der Waals surface area contributed by atoms with Crippen molar-refractivity contribution >= 4 is 8.32 Å². The third-order valence-corrected chi connectivity index (χ3v) is 6.42. The zero-order chi connectivity index (χ0) is 11.4. The summed E-state index contributed by atoms with van der Waals surface area (Å²) < 4.78 is 5.93. The van der Waals surface area contributed by atoms with Crippen LogP contribution in [-0.2, 0) is 30.6 Å². The van der Waals surface area contributed by atoms with Crippen molar-refractivity contribution in [1.29, 1.82) is 0 Å². The Balaban J connectivity index is 0. The Kier molecular flexibility index (Phi) is 11.9. The van der Waals surface area contributed by atoms with Crippen LogP contribution in [0.15, 0.2) is 34.7 Å². The van der Waals surface area contributed by atoms with Gasteiger partial charge in [-0.2, -0.15) is 12.2 Å². The molecule has 2 aliphatic carbocycles. The van der Waals surface area contributed by atoms with Gasteiger partial charge in [0.05, 0.1) is 13.2 Å². The Bertz CT molecular complexity index is 362. The predicted molar refractivity (Wildman–Crippen MR) is 65.7 cm³/mol. The van der Waals surface area contributed by atoms with Crippen LogP contribution in [0.1, 0.15) is 12.8 Å². The van der Waals surface area contributed by atoms with Gasteiger partial charge in [-0.05, 0) is 6.55 Å². The van der Waals surface area contributed by atoms with Crippen molar-refractivity contribution in [3.05, 3.63) is 46.8 Å². The largest absolute Gasteiger partial charge is 4.00 e. The number of halogens is 2. The van der Waals surface area contributed by atoms with Crippen LogP contribution in [0.5, 0.6) is 0 Å². The third kappa shape index (κ3) is 5.11. The summed E-state index contributed by atoms with van der Waals surface area (Å²) in [5, 5.41) is 11.3. The van der Waals surface area contributed by atoms with E-state index >= 15 is 0 Å². The van der Waals surface area contributed by atoms with Crippen LogP contribution >= 0.6 is 0 Å². The number of rotatable bonds is 5. The van der Waals surface area contributed by atoms with Crippen molar-refractivity contribution in [2.45, 2.75) is 19.4 Å². The maximum absolute atomic E-state index is 8.92. The second-order valence-corrected chi connectivity index (χ2v) is 7.43. The van der Waals surface area contributed by atoms with Crippen LogP contribution in [0.3, 0.4) is 0 Å². The Morgan fingerprint density at radius 3 is 1.95 bits per heavy atom. The van der Waals surface area contributed by atoms with Gasteiger partial charge in [-0.3, -0.25) is 12.2 Å². The molecule has 2 nitrogen and oxygen atoms in total. The summed E-state index contributed by atoms with van der Waals surface area (Å²) >= 11 is 0. The van der Waals surface area contributed by atoms with E-state index in [9.17, 15) is 0 Å². The monoisotopic (exact) mass is 392 g/mol. The Labute approximate surface area is 147 Å². The van der Waals surface area contributed by atoms with Crippen molar-refractivity contribution in [3.8, 4) is 0 Å². The second-order valence-electron chi connectivity index (χ2n) is 4.00. The van der Waals surface area contributed by atoms with Crippen molar-refractivity contribution in [3.63, 3.8) is 0 Å². The van der Waals surface area contributed by atoms with Gasteiger partial charge in [0.15, 0.2) is 8.32 Å². The van der Waals surface area contributed by atoms with Gasteiger partial charge in [0, 0.05) is 0 Å². The van der Waals surface area contributed by atoms with Crippen LogP contribution in [0.25, 0.3) is 0 Å². The summed E-state index contributed by atoms with van der Waals surface area (Å²) in [6.45, 7) is 2.61. The maximum Gasteiger partial charge on any atom is 4.00 e. The smallest absolute Gasteiger partial charge is 1.00 e. The van der Waals surface area contributed by atoms with Crippen LogP contribution in [0.4, 0.5) is 0 Å². The van der Waals surface area contributed by atoms with E-state index in [1.165, 1.54) is 10.4 Å². The van der Waals surface area contributed by atoms with Crippen molar-refractivity contribution in [2.75, 3.05) is 13.2 Å². The summed E-state index contributed by atoms with van der Waals surface area (Å²) in [5.41, 5.74) is 0. The summed E-state index contributed by atoms with van der Waals surface area (Å²) in [6.07, 6.45) is 16.8. The minimum Gasteiger partial charge on any atom is -1.00 e. The van der Waals surface area contributed by atoms with Gasteiger partial charge in [0.25, 0.3) is 0 Å². The van der Waals surface area contributed by atoms with E-state index in [2.05, 4.69) is 43.0 Å². The number of aliphatic hydroxyl groups is 1. The maximum atomic E-state index is 8.92. The molecule has 0 bridgehead atoms. The van der Waals surface area contributed by atoms with E-state index in [-0.39, 0.29) is 57.6 Å². The summed E-state index contributed by atoms with van der Waals surface area (Å²) in [5.74, 6) is 0. The minimum atomic E-state index is -2.13. The fraction of sp³-hybridized carbons (Fsp3) is 0.385. The normalized spacial score (nSPS) is 16.1. The first kappa shape index (κ1) is 21.9. The number of hydrogen-bond acceptors (Lipinski definition) is 2. The first-order valence-electron chi connectivity index (χ1n) is 5.58. The molecule has 0 aromatic heterocycles. The second kappa shape index (κ2) is 10.3. The summed E-state index contributed by atoms with van der Waals surface area (Å²) in [4.78, 5) is 0.